The number of hydrogen-bond acceptors (Lipinski definition) is 2. The van der Waals surface area contributed by atoms with Crippen molar-refractivity contribution in [2.75, 3.05) is 19.8 Å². The number of alkyl halides is 3. The van der Waals surface area contributed by atoms with Gasteiger partial charge in [0.05, 0.1) is 6.61 Å². The highest BCUT2D eigenvalue weighted by Gasteiger charge is 2.27. The highest BCUT2D eigenvalue weighted by atomic mass is 79.9. The molecule has 114 valence electrons. The van der Waals surface area contributed by atoms with Gasteiger partial charge in [-0.05, 0) is 37.1 Å². The van der Waals surface area contributed by atoms with Crippen molar-refractivity contribution in [2.24, 2.45) is 0 Å². The molecule has 1 N–H and O–H groups in total. The van der Waals surface area contributed by atoms with Crippen LogP contribution in [0.5, 0.6) is 0 Å². The number of benzene rings is 1. The first-order valence-electron chi connectivity index (χ1n) is 6.53. The molecule has 0 spiro atoms. The fourth-order valence-corrected chi connectivity index (χ4v) is 2.02. The van der Waals surface area contributed by atoms with Gasteiger partial charge < -0.3 is 10.1 Å². The summed E-state index contributed by atoms with van der Waals surface area (Å²) in [6.45, 7) is 1.63. The van der Waals surface area contributed by atoms with Crippen molar-refractivity contribution >= 4 is 15.9 Å². The highest BCUT2D eigenvalue weighted by molar-refractivity contribution is 9.10. The lowest BCUT2D eigenvalue weighted by atomic mass is 10.1. The zero-order valence-corrected chi connectivity index (χ0v) is 12.9. The van der Waals surface area contributed by atoms with E-state index in [1.54, 1.807) is 0 Å². The lowest BCUT2D eigenvalue weighted by Gasteiger charge is -2.19. The van der Waals surface area contributed by atoms with Gasteiger partial charge in [-0.1, -0.05) is 35.0 Å². The smallest absolute Gasteiger partial charge is 0.370 e. The van der Waals surface area contributed by atoms with E-state index in [1.165, 1.54) is 0 Å². The number of rotatable bonds is 8. The molecule has 0 fully saturated rings. The van der Waals surface area contributed by atoms with E-state index in [4.69, 9.17) is 4.74 Å². The second kappa shape index (κ2) is 8.64. The predicted molar refractivity (Wildman–Crippen MR) is 76.8 cm³/mol. The first kappa shape index (κ1) is 17.5. The van der Waals surface area contributed by atoms with Crippen LogP contribution in [0.15, 0.2) is 28.7 Å². The minimum atomic E-state index is -4.27. The van der Waals surface area contributed by atoms with Crippen LogP contribution in [-0.2, 0) is 11.2 Å². The van der Waals surface area contributed by atoms with Crippen LogP contribution in [0.3, 0.4) is 0 Å². The van der Waals surface area contributed by atoms with Crippen LogP contribution in [0.4, 0.5) is 13.2 Å². The molecule has 0 aliphatic rings. The monoisotopic (exact) mass is 353 g/mol. The minimum absolute atomic E-state index is 0.0512. The Bertz CT molecular complexity index is 381. The topological polar surface area (TPSA) is 21.3 Å². The van der Waals surface area contributed by atoms with E-state index < -0.39 is 12.8 Å². The Labute approximate surface area is 125 Å². The fraction of sp³-hybridized carbons (Fsp3) is 0.571. The van der Waals surface area contributed by atoms with E-state index in [2.05, 4.69) is 21.2 Å². The molecule has 0 aromatic heterocycles. The summed E-state index contributed by atoms with van der Waals surface area (Å²) in [4.78, 5) is 0. The van der Waals surface area contributed by atoms with Crippen LogP contribution in [-0.4, -0.2) is 32.0 Å². The van der Waals surface area contributed by atoms with Crippen molar-refractivity contribution in [1.82, 2.24) is 5.32 Å². The maximum absolute atomic E-state index is 12.1. The molecule has 1 rings (SSSR count). The number of hydrogen-bond donors (Lipinski definition) is 1. The van der Waals surface area contributed by atoms with Crippen LogP contribution < -0.4 is 5.32 Å². The Balaban J connectivity index is 2.48. The Morgan fingerprint density at radius 2 is 1.90 bits per heavy atom. The van der Waals surface area contributed by atoms with E-state index in [1.807, 2.05) is 31.2 Å². The molecular formula is C14H19BrF3NO. The normalized spacial score (nSPS) is 13.4. The van der Waals surface area contributed by atoms with Gasteiger partial charge >= 0.3 is 6.18 Å². The number of halogens is 4. The van der Waals surface area contributed by atoms with Crippen LogP contribution in [0.1, 0.15) is 18.9 Å². The third-order valence-electron chi connectivity index (χ3n) is 2.66. The standard InChI is InChI=1S/C14H19BrF3NO/c1-2-7-19-13(9-20-10-14(16,17)18)8-11-3-5-12(15)6-4-11/h3-6,13,19H,2,7-10H2,1H3. The van der Waals surface area contributed by atoms with Gasteiger partial charge in [-0.3, -0.25) is 0 Å². The first-order chi connectivity index (χ1) is 9.40. The zero-order chi connectivity index (χ0) is 15.0. The molecule has 0 aliphatic heterocycles. The van der Waals surface area contributed by atoms with Gasteiger partial charge in [0.15, 0.2) is 0 Å². The molecule has 0 saturated carbocycles. The Morgan fingerprint density at radius 3 is 2.45 bits per heavy atom. The summed E-state index contributed by atoms with van der Waals surface area (Å²) in [5.74, 6) is 0. The van der Waals surface area contributed by atoms with E-state index in [9.17, 15) is 13.2 Å². The fourth-order valence-electron chi connectivity index (χ4n) is 1.76. The molecule has 20 heavy (non-hydrogen) atoms. The Kier molecular flexibility index (Phi) is 7.55. The molecule has 0 radical (unpaired) electrons. The quantitative estimate of drug-likeness (QED) is 0.764. The molecule has 1 aromatic rings. The van der Waals surface area contributed by atoms with Crippen molar-refractivity contribution < 1.29 is 17.9 Å². The second-order valence-electron chi connectivity index (χ2n) is 4.61. The maximum atomic E-state index is 12.1. The van der Waals surface area contributed by atoms with Crippen LogP contribution in [0.2, 0.25) is 0 Å². The van der Waals surface area contributed by atoms with Gasteiger partial charge in [-0.25, -0.2) is 0 Å². The van der Waals surface area contributed by atoms with Crippen LogP contribution in [0.25, 0.3) is 0 Å². The first-order valence-corrected chi connectivity index (χ1v) is 7.32. The molecule has 0 amide bonds. The van der Waals surface area contributed by atoms with Crippen molar-refractivity contribution in [2.45, 2.75) is 32.0 Å². The second-order valence-corrected chi connectivity index (χ2v) is 5.53. The lowest BCUT2D eigenvalue weighted by Crippen LogP contribution is -2.37. The Morgan fingerprint density at radius 1 is 1.25 bits per heavy atom. The molecule has 0 bridgehead atoms. The lowest BCUT2D eigenvalue weighted by molar-refractivity contribution is -0.175. The zero-order valence-electron chi connectivity index (χ0n) is 11.3. The van der Waals surface area contributed by atoms with Crippen molar-refractivity contribution in [1.29, 1.82) is 0 Å². The van der Waals surface area contributed by atoms with Gasteiger partial charge in [0.25, 0.3) is 0 Å². The third kappa shape index (κ3) is 7.87. The summed E-state index contributed by atoms with van der Waals surface area (Å²) in [7, 11) is 0. The number of nitrogens with one attached hydrogen (secondary N) is 1. The van der Waals surface area contributed by atoms with Gasteiger partial charge in [0, 0.05) is 10.5 Å². The van der Waals surface area contributed by atoms with Gasteiger partial charge in [-0.2, -0.15) is 13.2 Å². The van der Waals surface area contributed by atoms with Crippen molar-refractivity contribution in [3.63, 3.8) is 0 Å². The van der Waals surface area contributed by atoms with Crippen molar-refractivity contribution in [3.05, 3.63) is 34.3 Å². The van der Waals surface area contributed by atoms with Gasteiger partial charge in [-0.15, -0.1) is 0 Å². The van der Waals surface area contributed by atoms with E-state index >= 15 is 0 Å². The highest BCUT2D eigenvalue weighted by Crippen LogP contribution is 2.15. The number of ether oxygens (including phenoxy) is 1. The van der Waals surface area contributed by atoms with E-state index in [0.29, 0.717) is 6.42 Å². The Hall–Kier alpha value is -0.590. The summed E-state index contributed by atoms with van der Waals surface area (Å²) < 4.78 is 42.0. The van der Waals surface area contributed by atoms with Crippen molar-refractivity contribution in [3.8, 4) is 0 Å². The predicted octanol–water partition coefficient (Wildman–Crippen LogP) is 3.94. The largest absolute Gasteiger partial charge is 0.411 e. The average molecular weight is 354 g/mol. The molecule has 1 unspecified atom stereocenters. The maximum Gasteiger partial charge on any atom is 0.411 e. The SMILES string of the molecule is CCCNC(COCC(F)(F)F)Cc1ccc(Br)cc1. The molecular weight excluding hydrogens is 335 g/mol. The van der Waals surface area contributed by atoms with E-state index in [-0.39, 0.29) is 12.6 Å². The summed E-state index contributed by atoms with van der Waals surface area (Å²) in [5.41, 5.74) is 1.07. The molecule has 1 aromatic carbocycles. The molecule has 0 heterocycles. The summed E-state index contributed by atoms with van der Waals surface area (Å²) >= 11 is 3.35. The third-order valence-corrected chi connectivity index (χ3v) is 3.19. The summed E-state index contributed by atoms with van der Waals surface area (Å²) in [5, 5.41) is 3.21. The van der Waals surface area contributed by atoms with Crippen LogP contribution in [0, 0.1) is 0 Å². The molecule has 6 heteroatoms. The molecule has 0 aliphatic carbocycles. The molecule has 2 nitrogen and oxygen atoms in total. The summed E-state index contributed by atoms with van der Waals surface area (Å²) in [6.07, 6.45) is -2.70. The van der Waals surface area contributed by atoms with Gasteiger partial charge in [0.2, 0.25) is 0 Å². The molecule has 1 atom stereocenters. The summed E-state index contributed by atoms with van der Waals surface area (Å²) in [6, 6.07) is 7.63. The van der Waals surface area contributed by atoms with Gasteiger partial charge in [0.1, 0.15) is 6.61 Å². The minimum Gasteiger partial charge on any atom is -0.370 e. The van der Waals surface area contributed by atoms with E-state index in [0.717, 1.165) is 23.0 Å². The average Bonchev–Trinajstić information content (AvgIpc) is 2.37. The van der Waals surface area contributed by atoms with Crippen LogP contribution >= 0.6 is 15.9 Å². The molecule has 0 saturated heterocycles.